The molecule has 2 aromatic rings. The predicted octanol–water partition coefficient (Wildman–Crippen LogP) is 3.66. The Labute approximate surface area is 215 Å². The molecule has 14 heteroatoms. The zero-order chi connectivity index (χ0) is 26.9. The lowest BCUT2D eigenvalue weighted by atomic mass is 9.43. The quantitative estimate of drug-likeness (QED) is 0.266. The summed E-state index contributed by atoms with van der Waals surface area (Å²) in [7, 11) is 0. The summed E-state index contributed by atoms with van der Waals surface area (Å²) < 4.78 is 9.99. The lowest BCUT2D eigenvalue weighted by Gasteiger charge is -2.62. The van der Waals surface area contributed by atoms with Crippen molar-refractivity contribution in [1.82, 2.24) is 10.9 Å². The SMILES string of the molecule is O=C(CC12CC3CC(C1)CC(CC(=O)NN=Cc1ccc([N+](=O)[O-])o1)(C3)C2)NN=Cc1ccc([N+](=O)[O-])o1. The van der Waals surface area contributed by atoms with Gasteiger partial charge in [-0.2, -0.15) is 10.2 Å². The lowest BCUT2D eigenvalue weighted by molar-refractivity contribution is -0.402. The molecule has 0 saturated heterocycles. The number of furan rings is 2. The van der Waals surface area contributed by atoms with Gasteiger partial charge in [-0.3, -0.25) is 29.8 Å². The molecule has 0 spiro atoms. The van der Waals surface area contributed by atoms with Gasteiger partial charge in [-0.05, 0) is 73.3 Å². The Hall–Kier alpha value is -4.36. The predicted molar refractivity (Wildman–Crippen MR) is 131 cm³/mol. The molecule has 6 rings (SSSR count). The molecular formula is C24H26N6O8. The van der Waals surface area contributed by atoms with Crippen LogP contribution in [0.15, 0.2) is 43.3 Å². The van der Waals surface area contributed by atoms with E-state index in [1.807, 2.05) is 0 Å². The summed E-state index contributed by atoms with van der Waals surface area (Å²) in [5.74, 6) is -0.0867. The fourth-order valence-electron chi connectivity index (χ4n) is 7.18. The molecule has 2 heterocycles. The van der Waals surface area contributed by atoms with Gasteiger partial charge in [-0.1, -0.05) is 0 Å². The molecule has 200 valence electrons. The summed E-state index contributed by atoms with van der Waals surface area (Å²) in [6.45, 7) is 0. The Balaban J connectivity index is 1.17. The van der Waals surface area contributed by atoms with Crippen LogP contribution in [0.5, 0.6) is 0 Å². The lowest BCUT2D eigenvalue weighted by Crippen LogP contribution is -2.54. The summed E-state index contributed by atoms with van der Waals surface area (Å²) in [4.78, 5) is 45.7. The van der Waals surface area contributed by atoms with Gasteiger partial charge in [-0.25, -0.2) is 10.9 Å². The first kappa shape index (κ1) is 25.3. The van der Waals surface area contributed by atoms with E-state index in [1.165, 1.54) is 36.7 Å². The molecule has 0 atom stereocenters. The summed E-state index contributed by atoms with van der Waals surface area (Å²) in [5.41, 5.74) is 4.59. The maximum Gasteiger partial charge on any atom is 0.433 e. The number of nitro groups is 2. The van der Waals surface area contributed by atoms with Crippen LogP contribution in [-0.2, 0) is 9.59 Å². The highest BCUT2D eigenvalue weighted by atomic mass is 16.7. The van der Waals surface area contributed by atoms with Gasteiger partial charge in [0.05, 0.1) is 24.6 Å². The van der Waals surface area contributed by atoms with Crippen LogP contribution < -0.4 is 10.9 Å². The molecular weight excluding hydrogens is 500 g/mol. The minimum Gasteiger partial charge on any atom is -0.400 e. The standard InChI is InChI=1S/C24H26N6O8/c31-19(27-25-12-17-1-3-21(37-17)29(33)34)10-23-6-15-5-16(7-23)9-24(8-15,14-23)11-20(32)28-26-13-18-2-4-22(38-18)30(35)36/h1-4,12-13,15-16H,5-11,14H2,(H,27,31)(H,28,32). The Morgan fingerprint density at radius 1 is 0.842 bits per heavy atom. The van der Waals surface area contributed by atoms with E-state index in [9.17, 15) is 29.8 Å². The van der Waals surface area contributed by atoms with Crippen LogP contribution in [0, 0.1) is 42.9 Å². The topological polar surface area (TPSA) is 195 Å². The number of carbonyl (C=O) groups is 2. The Bertz CT molecular complexity index is 1220. The number of carbonyl (C=O) groups excluding carboxylic acids is 2. The largest absolute Gasteiger partial charge is 0.433 e. The third-order valence-corrected chi connectivity index (χ3v) is 7.72. The van der Waals surface area contributed by atoms with E-state index in [2.05, 4.69) is 21.1 Å². The van der Waals surface area contributed by atoms with Gasteiger partial charge in [-0.15, -0.1) is 0 Å². The Morgan fingerprint density at radius 3 is 1.63 bits per heavy atom. The molecule has 0 unspecified atom stereocenters. The monoisotopic (exact) mass is 526 g/mol. The molecule has 4 fully saturated rings. The average molecular weight is 527 g/mol. The molecule has 2 amide bonds. The second-order valence-electron chi connectivity index (χ2n) is 10.8. The molecule has 2 N–H and O–H groups in total. The molecule has 4 bridgehead atoms. The van der Waals surface area contributed by atoms with E-state index in [-0.39, 0.29) is 47.0 Å². The van der Waals surface area contributed by atoms with Crippen molar-refractivity contribution in [2.75, 3.05) is 0 Å². The molecule has 38 heavy (non-hydrogen) atoms. The van der Waals surface area contributed by atoms with Crippen molar-refractivity contribution in [3.8, 4) is 0 Å². The molecule has 4 aliphatic carbocycles. The zero-order valence-electron chi connectivity index (χ0n) is 20.3. The van der Waals surface area contributed by atoms with Gasteiger partial charge in [0, 0.05) is 12.8 Å². The van der Waals surface area contributed by atoms with E-state index in [1.54, 1.807) is 0 Å². The third kappa shape index (κ3) is 5.48. The summed E-state index contributed by atoms with van der Waals surface area (Å²) in [6, 6.07) is 5.21. The number of rotatable bonds is 10. The van der Waals surface area contributed by atoms with Crippen molar-refractivity contribution in [2.45, 2.75) is 51.4 Å². The van der Waals surface area contributed by atoms with Gasteiger partial charge in [0.2, 0.25) is 11.8 Å². The Morgan fingerprint density at radius 2 is 1.26 bits per heavy atom. The van der Waals surface area contributed by atoms with Crippen molar-refractivity contribution in [3.05, 3.63) is 56.0 Å². The zero-order valence-corrected chi connectivity index (χ0v) is 20.3. The van der Waals surface area contributed by atoms with Gasteiger partial charge in [0.25, 0.3) is 0 Å². The minimum absolute atomic E-state index is 0.157. The smallest absolute Gasteiger partial charge is 0.400 e. The van der Waals surface area contributed by atoms with Crippen LogP contribution in [0.4, 0.5) is 11.8 Å². The highest BCUT2D eigenvalue weighted by molar-refractivity contribution is 5.82. The number of nitrogens with zero attached hydrogens (tertiary/aromatic N) is 4. The van der Waals surface area contributed by atoms with Gasteiger partial charge >= 0.3 is 11.8 Å². The molecule has 0 radical (unpaired) electrons. The van der Waals surface area contributed by atoms with Crippen molar-refractivity contribution in [1.29, 1.82) is 0 Å². The Kier molecular flexibility index (Phi) is 6.55. The average Bonchev–Trinajstić information content (AvgIpc) is 3.47. The molecule has 0 aliphatic heterocycles. The fraction of sp³-hybridized carbons (Fsp3) is 0.500. The van der Waals surface area contributed by atoms with Crippen LogP contribution >= 0.6 is 0 Å². The number of hydrogen-bond donors (Lipinski definition) is 2. The summed E-state index contributed by atoms with van der Waals surface area (Å²) in [5, 5.41) is 29.2. The molecule has 4 saturated carbocycles. The van der Waals surface area contributed by atoms with Crippen LogP contribution in [0.3, 0.4) is 0 Å². The summed E-state index contributed by atoms with van der Waals surface area (Å²) in [6.07, 6.45) is 8.62. The number of nitrogens with one attached hydrogen (secondary N) is 2. The van der Waals surface area contributed by atoms with E-state index in [4.69, 9.17) is 8.83 Å². The third-order valence-electron chi connectivity index (χ3n) is 7.72. The number of amides is 2. The van der Waals surface area contributed by atoms with Crippen LogP contribution in [0.1, 0.15) is 62.9 Å². The van der Waals surface area contributed by atoms with Gasteiger partial charge in [0.15, 0.2) is 11.5 Å². The first-order chi connectivity index (χ1) is 18.1. The van der Waals surface area contributed by atoms with E-state index >= 15 is 0 Å². The van der Waals surface area contributed by atoms with Crippen LogP contribution in [0.25, 0.3) is 0 Å². The van der Waals surface area contributed by atoms with E-state index < -0.39 is 21.6 Å². The first-order valence-electron chi connectivity index (χ1n) is 12.2. The normalized spacial score (nSPS) is 27.7. The fourth-order valence-corrected chi connectivity index (χ4v) is 7.18. The first-order valence-corrected chi connectivity index (χ1v) is 12.2. The van der Waals surface area contributed by atoms with Gasteiger partial charge in [0.1, 0.15) is 9.85 Å². The van der Waals surface area contributed by atoms with Crippen molar-refractivity contribution in [3.63, 3.8) is 0 Å². The number of hydrazone groups is 2. The van der Waals surface area contributed by atoms with E-state index in [0.29, 0.717) is 11.8 Å². The van der Waals surface area contributed by atoms with E-state index in [0.717, 1.165) is 38.5 Å². The molecule has 2 aromatic heterocycles. The molecule has 4 aliphatic rings. The molecule has 14 nitrogen and oxygen atoms in total. The van der Waals surface area contributed by atoms with Crippen LogP contribution in [-0.4, -0.2) is 34.1 Å². The summed E-state index contributed by atoms with van der Waals surface area (Å²) >= 11 is 0. The second-order valence-corrected chi connectivity index (χ2v) is 10.8. The van der Waals surface area contributed by atoms with Crippen LogP contribution in [0.2, 0.25) is 0 Å². The van der Waals surface area contributed by atoms with Crippen molar-refractivity contribution < 1.29 is 28.3 Å². The second kappa shape index (κ2) is 9.84. The highest BCUT2D eigenvalue weighted by Gasteiger charge is 2.58. The van der Waals surface area contributed by atoms with Crippen molar-refractivity contribution >= 4 is 36.0 Å². The maximum atomic E-state index is 12.8. The highest BCUT2D eigenvalue weighted by Crippen LogP contribution is 2.67. The number of hydrogen-bond acceptors (Lipinski definition) is 10. The van der Waals surface area contributed by atoms with Gasteiger partial charge < -0.3 is 8.83 Å². The minimum atomic E-state index is -0.654. The van der Waals surface area contributed by atoms with Crippen molar-refractivity contribution in [2.24, 2.45) is 32.9 Å². The molecule has 0 aromatic carbocycles. The maximum absolute atomic E-state index is 12.8.